The minimum atomic E-state index is -2.57. The van der Waals surface area contributed by atoms with Crippen molar-refractivity contribution in [2.24, 2.45) is 17.3 Å². The molecule has 2 heterocycles. The van der Waals surface area contributed by atoms with Gasteiger partial charge in [0.2, 0.25) is 0 Å². The van der Waals surface area contributed by atoms with Crippen LogP contribution in [0.2, 0.25) is 6.04 Å². The van der Waals surface area contributed by atoms with Crippen LogP contribution in [0.5, 0.6) is 0 Å². The van der Waals surface area contributed by atoms with Gasteiger partial charge in [-0.25, -0.2) is 0 Å². The van der Waals surface area contributed by atoms with Gasteiger partial charge in [-0.2, -0.15) is 0 Å². The summed E-state index contributed by atoms with van der Waals surface area (Å²) in [5.41, 5.74) is 5.39. The van der Waals surface area contributed by atoms with Crippen LogP contribution in [0.4, 0.5) is 0 Å². The van der Waals surface area contributed by atoms with Gasteiger partial charge in [0.15, 0.2) is 13.9 Å². The quantitative estimate of drug-likeness (QED) is 0.0542. The van der Waals surface area contributed by atoms with Crippen molar-refractivity contribution >= 4 is 51.4 Å². The molecule has 4 nitrogen and oxygen atoms in total. The summed E-state index contributed by atoms with van der Waals surface area (Å²) >= 11 is 0. The largest absolute Gasteiger partial charge is 0.512 e. The number of nitrogens with zero attached hydrogens (tertiary/aromatic N) is 1. The molecule has 0 saturated carbocycles. The molecule has 0 fully saturated rings. The van der Waals surface area contributed by atoms with Gasteiger partial charge in [0.05, 0.1) is 11.1 Å². The molecule has 6 aromatic rings. The molecule has 0 aliphatic carbocycles. The zero-order chi connectivity index (χ0) is 42.3. The molecule has 0 atom stereocenters. The topological polar surface area (TPSA) is 63.3 Å². The number of hydrogen-bond donors (Lipinski definition) is 1. The molecule has 0 aliphatic heterocycles. The molecule has 1 radical (unpaired) electrons. The second kappa shape index (κ2) is 20.4. The number of aryl methyl sites for hydroxylation is 1. The number of aliphatic hydroxyl groups excluding tert-OH is 1. The molecule has 0 unspecified atom stereocenters. The third-order valence-electron chi connectivity index (χ3n) is 11.9. The standard InChI is InChI=1S/C40H42NOSi.C13H24O2.Ir/c1-28-33-22-24-41-36(30-26-29-16-14-15-21-34(29)35(27-30)40(5,6)7)37(33)42-38(28)43(25-23-39(2,3)4,31-17-10-8-11-18-31)32-19-12-9-13-20-32;1-5-10(6-2)12(14)9-13(15)11(7-3)8-4;/h8-22,24,27H,23,25H2,1-7H3;9-11,14H,5-8H2,1-4H3;/q-1;;/b;12-9-;. The van der Waals surface area contributed by atoms with E-state index in [1.807, 2.05) is 33.9 Å². The van der Waals surface area contributed by atoms with Gasteiger partial charge in [0, 0.05) is 55.3 Å². The third kappa shape index (κ3) is 10.8. The van der Waals surface area contributed by atoms with E-state index < -0.39 is 8.07 Å². The maximum Gasteiger partial charge on any atom is 0.193 e. The van der Waals surface area contributed by atoms with E-state index in [-0.39, 0.29) is 54.3 Å². The number of pyridine rings is 1. The van der Waals surface area contributed by atoms with Gasteiger partial charge in [0.1, 0.15) is 5.58 Å². The van der Waals surface area contributed by atoms with E-state index in [1.54, 1.807) is 0 Å². The van der Waals surface area contributed by atoms with Crippen molar-refractivity contribution in [2.45, 2.75) is 120 Å². The van der Waals surface area contributed by atoms with E-state index in [9.17, 15) is 9.90 Å². The fourth-order valence-electron chi connectivity index (χ4n) is 8.34. The Morgan fingerprint density at radius 1 is 0.780 bits per heavy atom. The Labute approximate surface area is 369 Å². The van der Waals surface area contributed by atoms with Crippen molar-refractivity contribution in [1.82, 2.24) is 4.98 Å². The molecule has 0 bridgehead atoms. The Kier molecular flexibility index (Phi) is 16.5. The van der Waals surface area contributed by atoms with Crippen LogP contribution in [0.1, 0.15) is 112 Å². The van der Waals surface area contributed by atoms with E-state index in [1.165, 1.54) is 33.0 Å². The minimum absolute atomic E-state index is 0. The molecule has 59 heavy (non-hydrogen) atoms. The average molecular weight is 985 g/mol. The Morgan fingerprint density at radius 2 is 1.32 bits per heavy atom. The first-order chi connectivity index (χ1) is 27.6. The van der Waals surface area contributed by atoms with Crippen LogP contribution in [0.3, 0.4) is 0 Å². The predicted molar refractivity (Wildman–Crippen MR) is 250 cm³/mol. The Morgan fingerprint density at radius 3 is 1.85 bits per heavy atom. The third-order valence-corrected chi connectivity index (χ3v) is 16.8. The number of aliphatic hydroxyl groups is 1. The van der Waals surface area contributed by atoms with Gasteiger partial charge < -0.3 is 9.52 Å². The summed E-state index contributed by atoms with van der Waals surface area (Å²) in [6.07, 6.45) is 7.94. The normalized spacial score (nSPS) is 12.5. The number of rotatable bonds is 13. The first-order valence-corrected chi connectivity index (χ1v) is 23.7. The molecule has 4 aromatic carbocycles. The van der Waals surface area contributed by atoms with Crippen molar-refractivity contribution in [3.8, 4) is 11.3 Å². The number of aromatic nitrogens is 1. The van der Waals surface area contributed by atoms with E-state index in [0.717, 1.165) is 71.1 Å². The summed E-state index contributed by atoms with van der Waals surface area (Å²) in [5.74, 6) is 0.547. The Balaban J connectivity index is 0.000000411. The number of hydrogen-bond acceptors (Lipinski definition) is 4. The second-order valence-electron chi connectivity index (χ2n) is 18.2. The zero-order valence-corrected chi connectivity index (χ0v) is 40.7. The first-order valence-electron chi connectivity index (χ1n) is 21.5. The summed E-state index contributed by atoms with van der Waals surface area (Å²) in [6, 6.07) is 40.0. The fourth-order valence-corrected chi connectivity index (χ4v) is 13.7. The summed E-state index contributed by atoms with van der Waals surface area (Å²) in [5, 5.41) is 17.1. The summed E-state index contributed by atoms with van der Waals surface area (Å²) in [4.78, 5) is 16.7. The molecule has 1 N–H and O–H groups in total. The number of allylic oxidation sites excluding steroid dienone is 2. The number of ketones is 1. The molecular weight excluding hydrogens is 919 g/mol. The molecule has 6 rings (SSSR count). The van der Waals surface area contributed by atoms with Crippen LogP contribution in [-0.2, 0) is 30.3 Å². The number of carbonyl (C=O) groups excluding carboxylic acids is 1. The number of benzene rings is 4. The molecule has 0 saturated heterocycles. The molecule has 2 aromatic heterocycles. The van der Waals surface area contributed by atoms with Crippen LogP contribution >= 0.6 is 0 Å². The van der Waals surface area contributed by atoms with Crippen molar-refractivity contribution in [3.05, 3.63) is 132 Å². The Bertz CT molecular complexity index is 2270. The van der Waals surface area contributed by atoms with Crippen LogP contribution in [0, 0.1) is 30.2 Å². The van der Waals surface area contributed by atoms with Crippen LogP contribution in [0.15, 0.2) is 120 Å². The van der Waals surface area contributed by atoms with Gasteiger partial charge >= 0.3 is 0 Å². The van der Waals surface area contributed by atoms with Crippen LogP contribution in [-0.4, -0.2) is 23.9 Å². The number of furan rings is 1. The van der Waals surface area contributed by atoms with E-state index in [0.29, 0.717) is 0 Å². The molecule has 0 amide bonds. The summed E-state index contributed by atoms with van der Waals surface area (Å²) < 4.78 is 7.24. The molecular formula is C53H66IrNO3Si-. The maximum absolute atomic E-state index is 11.7. The minimum Gasteiger partial charge on any atom is -0.512 e. The fraction of sp³-hybridized carbons (Fsp3) is 0.396. The summed E-state index contributed by atoms with van der Waals surface area (Å²) in [7, 11) is -2.57. The van der Waals surface area contributed by atoms with Crippen LogP contribution < -0.4 is 15.8 Å². The number of fused-ring (bicyclic) bond motifs is 2. The monoisotopic (exact) mass is 985 g/mol. The first kappa shape index (κ1) is 47.6. The average Bonchev–Trinajstić information content (AvgIpc) is 3.55. The van der Waals surface area contributed by atoms with E-state index >= 15 is 0 Å². The molecule has 0 aliphatic rings. The number of carbonyl (C=O) groups is 1. The van der Waals surface area contributed by atoms with Gasteiger partial charge in [-0.3, -0.25) is 9.78 Å². The molecule has 0 spiro atoms. The van der Waals surface area contributed by atoms with Gasteiger partial charge in [-0.15, -0.1) is 29.1 Å². The van der Waals surface area contributed by atoms with E-state index in [2.05, 4.69) is 152 Å². The Hall–Kier alpha value is -4.09. The summed E-state index contributed by atoms with van der Waals surface area (Å²) in [6.45, 7) is 24.2. The van der Waals surface area contributed by atoms with Crippen molar-refractivity contribution < 1.29 is 34.4 Å². The molecule has 6 heteroatoms. The molecule has 315 valence electrons. The van der Waals surface area contributed by atoms with Gasteiger partial charge in [0.25, 0.3) is 0 Å². The SMILES string of the molecule is CCC(CC)C(=O)/C=C(\O)C(CC)CC.Cc1c([Si](CCC(C)(C)C)(c2ccccc2)c2ccccc2)oc2c(-c3[c-]c4ccccc4c(C(C)(C)C)c3)nccc12.[Ir]. The zero-order valence-electron chi connectivity index (χ0n) is 37.3. The smallest absolute Gasteiger partial charge is 0.193 e. The van der Waals surface area contributed by atoms with E-state index in [4.69, 9.17) is 9.40 Å². The van der Waals surface area contributed by atoms with Gasteiger partial charge in [-0.1, -0.05) is 159 Å². The van der Waals surface area contributed by atoms with Crippen LogP contribution in [0.25, 0.3) is 33.0 Å². The van der Waals surface area contributed by atoms with Gasteiger partial charge in [-0.05, 0) is 77.9 Å². The second-order valence-corrected chi connectivity index (χ2v) is 22.1. The van der Waals surface area contributed by atoms with Crippen molar-refractivity contribution in [3.63, 3.8) is 0 Å². The predicted octanol–water partition coefficient (Wildman–Crippen LogP) is 12.8. The maximum atomic E-state index is 11.7. The van der Waals surface area contributed by atoms with Crippen molar-refractivity contribution in [2.75, 3.05) is 0 Å². The van der Waals surface area contributed by atoms with Crippen molar-refractivity contribution in [1.29, 1.82) is 0 Å².